The molecule has 0 saturated carbocycles. The molecule has 0 atom stereocenters. The molecule has 0 unspecified atom stereocenters. The van der Waals surface area contributed by atoms with Gasteiger partial charge in [0.25, 0.3) is 0 Å². The molecule has 2 fully saturated rings. The van der Waals surface area contributed by atoms with Gasteiger partial charge in [-0.2, -0.15) is 0 Å². The predicted octanol–water partition coefficient (Wildman–Crippen LogP) is 3.11. The Bertz CT molecular complexity index is 591. The number of amides is 1. The molecule has 2 heterocycles. The fourth-order valence-corrected chi connectivity index (χ4v) is 4.23. The maximum atomic E-state index is 12.5. The number of nitrogens with zero attached hydrogens (tertiary/aromatic N) is 2. The summed E-state index contributed by atoms with van der Waals surface area (Å²) in [6.45, 7) is 4.36. The summed E-state index contributed by atoms with van der Waals surface area (Å²) in [4.78, 5) is 17.2. The lowest BCUT2D eigenvalue weighted by atomic mass is 10.0. The second kappa shape index (κ2) is 9.26. The maximum absolute atomic E-state index is 12.5. The third kappa shape index (κ3) is 4.70. The van der Waals surface area contributed by atoms with Gasteiger partial charge in [-0.1, -0.05) is 6.07 Å². The van der Waals surface area contributed by atoms with E-state index >= 15 is 0 Å². The largest absolute Gasteiger partial charge is 0.493 e. The SMILES string of the molecule is COc1ccc(CCCC(=O)N2CCC(N3CCCC3)CC2)cc1OC. The Balaban J connectivity index is 1.40. The van der Waals surface area contributed by atoms with Crippen molar-refractivity contribution >= 4 is 5.91 Å². The van der Waals surface area contributed by atoms with Crippen LogP contribution in [0.15, 0.2) is 18.2 Å². The standard InChI is InChI=1S/C21H32N2O3/c1-25-19-9-8-17(16-20(19)26-2)6-5-7-21(24)23-14-10-18(11-15-23)22-12-3-4-13-22/h8-9,16,18H,3-7,10-15H2,1-2H3. The summed E-state index contributed by atoms with van der Waals surface area (Å²) in [6.07, 6.45) is 7.35. The zero-order valence-electron chi connectivity index (χ0n) is 16.2. The van der Waals surface area contributed by atoms with Gasteiger partial charge in [-0.15, -0.1) is 0 Å². The quantitative estimate of drug-likeness (QED) is 0.749. The van der Waals surface area contributed by atoms with Gasteiger partial charge in [0.1, 0.15) is 0 Å². The van der Waals surface area contributed by atoms with Crippen molar-refractivity contribution in [2.45, 2.75) is 51.0 Å². The summed E-state index contributed by atoms with van der Waals surface area (Å²) in [5.74, 6) is 1.80. The molecule has 1 aromatic rings. The summed E-state index contributed by atoms with van der Waals surface area (Å²) in [5.41, 5.74) is 1.18. The molecule has 2 aliphatic heterocycles. The van der Waals surface area contributed by atoms with Crippen LogP contribution in [-0.2, 0) is 11.2 Å². The summed E-state index contributed by atoms with van der Waals surface area (Å²) < 4.78 is 10.6. The Labute approximate surface area is 157 Å². The average Bonchev–Trinajstić information content (AvgIpc) is 3.22. The van der Waals surface area contributed by atoms with E-state index < -0.39 is 0 Å². The van der Waals surface area contributed by atoms with E-state index in [0.717, 1.165) is 50.3 Å². The van der Waals surface area contributed by atoms with Gasteiger partial charge in [0, 0.05) is 25.6 Å². The van der Waals surface area contributed by atoms with E-state index in [-0.39, 0.29) is 0 Å². The van der Waals surface area contributed by atoms with Crippen molar-refractivity contribution in [1.82, 2.24) is 9.80 Å². The van der Waals surface area contributed by atoms with Crippen LogP contribution in [0.25, 0.3) is 0 Å². The van der Waals surface area contributed by atoms with Crippen LogP contribution >= 0.6 is 0 Å². The molecule has 1 aromatic carbocycles. The smallest absolute Gasteiger partial charge is 0.222 e. The molecule has 0 radical (unpaired) electrons. The van der Waals surface area contributed by atoms with E-state index in [4.69, 9.17) is 9.47 Å². The molecular weight excluding hydrogens is 328 g/mol. The molecule has 0 aromatic heterocycles. The summed E-state index contributed by atoms with van der Waals surface area (Å²) in [5, 5.41) is 0. The topological polar surface area (TPSA) is 42.0 Å². The van der Waals surface area contributed by atoms with Gasteiger partial charge in [-0.3, -0.25) is 4.79 Å². The van der Waals surface area contributed by atoms with Crippen LogP contribution in [0.4, 0.5) is 0 Å². The van der Waals surface area contributed by atoms with E-state index in [0.29, 0.717) is 18.4 Å². The molecule has 0 aliphatic carbocycles. The van der Waals surface area contributed by atoms with Gasteiger partial charge in [-0.25, -0.2) is 0 Å². The van der Waals surface area contributed by atoms with Crippen molar-refractivity contribution in [3.8, 4) is 11.5 Å². The van der Waals surface area contributed by atoms with Gasteiger partial charge >= 0.3 is 0 Å². The highest BCUT2D eigenvalue weighted by Gasteiger charge is 2.27. The minimum Gasteiger partial charge on any atom is -0.493 e. The molecule has 144 valence electrons. The highest BCUT2D eigenvalue weighted by atomic mass is 16.5. The molecule has 0 N–H and O–H groups in total. The highest BCUT2D eigenvalue weighted by molar-refractivity contribution is 5.76. The molecule has 5 nitrogen and oxygen atoms in total. The number of aryl methyl sites for hydroxylation is 1. The number of likely N-dealkylation sites (tertiary alicyclic amines) is 2. The van der Waals surface area contributed by atoms with Gasteiger partial charge in [-0.05, 0) is 69.3 Å². The Kier molecular flexibility index (Phi) is 6.78. The first-order chi connectivity index (χ1) is 12.7. The van der Waals surface area contributed by atoms with Crippen LogP contribution in [-0.4, -0.2) is 62.1 Å². The zero-order chi connectivity index (χ0) is 18.4. The monoisotopic (exact) mass is 360 g/mol. The van der Waals surface area contributed by atoms with E-state index in [2.05, 4.69) is 9.80 Å². The number of carbonyl (C=O) groups is 1. The second-order valence-corrected chi connectivity index (χ2v) is 7.40. The van der Waals surface area contributed by atoms with Crippen molar-refractivity contribution in [3.05, 3.63) is 23.8 Å². The molecular formula is C21H32N2O3. The van der Waals surface area contributed by atoms with Gasteiger partial charge in [0.05, 0.1) is 14.2 Å². The van der Waals surface area contributed by atoms with E-state index in [1.807, 2.05) is 18.2 Å². The van der Waals surface area contributed by atoms with Gasteiger partial charge in [0.2, 0.25) is 5.91 Å². The number of hydrogen-bond donors (Lipinski definition) is 0. The summed E-state index contributed by atoms with van der Waals surface area (Å²) in [6, 6.07) is 6.69. The first-order valence-electron chi connectivity index (χ1n) is 9.94. The normalized spacial score (nSPS) is 18.9. The fourth-order valence-electron chi connectivity index (χ4n) is 4.23. The van der Waals surface area contributed by atoms with Crippen LogP contribution in [0.1, 0.15) is 44.1 Å². The molecule has 2 saturated heterocycles. The first kappa shape index (κ1) is 19.0. The third-order valence-electron chi connectivity index (χ3n) is 5.78. The summed E-state index contributed by atoms with van der Waals surface area (Å²) in [7, 11) is 3.29. The minimum absolute atomic E-state index is 0.311. The van der Waals surface area contributed by atoms with E-state index in [1.54, 1.807) is 14.2 Å². The van der Waals surface area contributed by atoms with Crippen LogP contribution in [0, 0.1) is 0 Å². The molecule has 5 heteroatoms. The Morgan fingerprint density at radius 3 is 2.38 bits per heavy atom. The van der Waals surface area contributed by atoms with Crippen LogP contribution in [0.2, 0.25) is 0 Å². The Hall–Kier alpha value is -1.75. The lowest BCUT2D eigenvalue weighted by Crippen LogP contribution is -2.45. The number of hydrogen-bond acceptors (Lipinski definition) is 4. The Morgan fingerprint density at radius 1 is 1.04 bits per heavy atom. The van der Waals surface area contributed by atoms with Crippen LogP contribution < -0.4 is 9.47 Å². The van der Waals surface area contributed by atoms with Crippen molar-refractivity contribution < 1.29 is 14.3 Å². The zero-order valence-corrected chi connectivity index (χ0v) is 16.2. The first-order valence-corrected chi connectivity index (χ1v) is 9.94. The number of methoxy groups -OCH3 is 2. The number of rotatable bonds is 7. The molecule has 0 bridgehead atoms. The lowest BCUT2D eigenvalue weighted by Gasteiger charge is -2.36. The molecule has 1 amide bonds. The maximum Gasteiger partial charge on any atom is 0.222 e. The number of carbonyl (C=O) groups excluding carboxylic acids is 1. The highest BCUT2D eigenvalue weighted by Crippen LogP contribution is 2.28. The average molecular weight is 360 g/mol. The second-order valence-electron chi connectivity index (χ2n) is 7.40. The van der Waals surface area contributed by atoms with Crippen molar-refractivity contribution in [3.63, 3.8) is 0 Å². The Morgan fingerprint density at radius 2 is 1.73 bits per heavy atom. The van der Waals surface area contributed by atoms with Gasteiger partial charge < -0.3 is 19.3 Å². The van der Waals surface area contributed by atoms with E-state index in [1.165, 1.54) is 31.5 Å². The van der Waals surface area contributed by atoms with Crippen LogP contribution in [0.5, 0.6) is 11.5 Å². The predicted molar refractivity (Wildman–Crippen MR) is 103 cm³/mol. The van der Waals surface area contributed by atoms with Crippen molar-refractivity contribution in [1.29, 1.82) is 0 Å². The fraction of sp³-hybridized carbons (Fsp3) is 0.667. The van der Waals surface area contributed by atoms with Crippen molar-refractivity contribution in [2.24, 2.45) is 0 Å². The summed E-state index contributed by atoms with van der Waals surface area (Å²) >= 11 is 0. The number of benzene rings is 1. The van der Waals surface area contributed by atoms with E-state index in [9.17, 15) is 4.79 Å². The van der Waals surface area contributed by atoms with Crippen LogP contribution in [0.3, 0.4) is 0 Å². The van der Waals surface area contributed by atoms with Crippen molar-refractivity contribution in [2.75, 3.05) is 40.4 Å². The lowest BCUT2D eigenvalue weighted by molar-refractivity contribution is -0.132. The molecule has 3 rings (SSSR count). The number of ether oxygens (including phenoxy) is 2. The minimum atomic E-state index is 0.311. The third-order valence-corrected chi connectivity index (χ3v) is 5.78. The number of piperidine rings is 1. The molecule has 26 heavy (non-hydrogen) atoms. The molecule has 0 spiro atoms. The molecule has 2 aliphatic rings. The van der Waals surface area contributed by atoms with Gasteiger partial charge in [0.15, 0.2) is 11.5 Å².